The first-order valence-electron chi connectivity index (χ1n) is 9.60. The third-order valence-electron chi connectivity index (χ3n) is 4.72. The van der Waals surface area contributed by atoms with Gasteiger partial charge in [-0.05, 0) is 30.7 Å². The van der Waals surface area contributed by atoms with Crippen molar-refractivity contribution in [3.63, 3.8) is 0 Å². The van der Waals surface area contributed by atoms with Crippen molar-refractivity contribution in [3.8, 4) is 5.75 Å². The largest absolute Gasteiger partial charge is 0.496 e. The Bertz CT molecular complexity index is 1470. The van der Waals surface area contributed by atoms with Gasteiger partial charge >= 0.3 is 0 Å². The molecule has 0 aliphatic heterocycles. The summed E-state index contributed by atoms with van der Waals surface area (Å²) in [4.78, 5) is 26.3. The lowest BCUT2D eigenvalue weighted by molar-refractivity contribution is 0.105. The highest BCUT2D eigenvalue weighted by Crippen LogP contribution is 2.19. The van der Waals surface area contributed by atoms with Crippen LogP contribution in [0.4, 0.5) is 0 Å². The zero-order chi connectivity index (χ0) is 22.7. The summed E-state index contributed by atoms with van der Waals surface area (Å²) in [6, 6.07) is 14.8. The van der Waals surface area contributed by atoms with Gasteiger partial charge in [-0.3, -0.25) is 14.2 Å². The van der Waals surface area contributed by atoms with Gasteiger partial charge < -0.3 is 4.74 Å². The molecule has 0 N–H and O–H groups in total. The van der Waals surface area contributed by atoms with Crippen molar-refractivity contribution >= 4 is 52.4 Å². The summed E-state index contributed by atoms with van der Waals surface area (Å²) in [5.41, 5.74) is 2.68. The maximum absolute atomic E-state index is 13.3. The molecule has 4 aromatic rings. The van der Waals surface area contributed by atoms with Crippen LogP contribution in [0.25, 0.3) is 12.2 Å². The van der Waals surface area contributed by atoms with Crippen LogP contribution in [-0.2, 0) is 6.54 Å². The Labute approximate surface area is 196 Å². The quantitative estimate of drug-likeness (QED) is 0.393. The van der Waals surface area contributed by atoms with Crippen LogP contribution in [0, 0.1) is 6.92 Å². The van der Waals surface area contributed by atoms with Gasteiger partial charge in [-0.1, -0.05) is 58.1 Å². The standard InChI is InChI=1S/C23H18ClN3O3S2/c1-14-6-5-7-15(10-14)11-20-23(29)27(13-17-22(24)32-26-25-17)21(31-20)12-18(28)16-8-3-4-9-19(16)30-2/h3-12H,13H2,1-2H3/b20-11-,21-12-. The predicted octanol–water partition coefficient (Wildman–Crippen LogP) is 3.27. The number of benzene rings is 2. The average molecular weight is 484 g/mol. The second kappa shape index (κ2) is 9.60. The van der Waals surface area contributed by atoms with Crippen molar-refractivity contribution in [2.75, 3.05) is 7.11 Å². The molecular weight excluding hydrogens is 466 g/mol. The lowest BCUT2D eigenvalue weighted by Gasteiger charge is -2.04. The van der Waals surface area contributed by atoms with Crippen LogP contribution < -0.4 is 19.5 Å². The Morgan fingerprint density at radius 2 is 2.03 bits per heavy atom. The van der Waals surface area contributed by atoms with Gasteiger partial charge in [0.15, 0.2) is 5.78 Å². The van der Waals surface area contributed by atoms with Gasteiger partial charge in [0, 0.05) is 17.6 Å². The Morgan fingerprint density at radius 1 is 1.22 bits per heavy atom. The normalized spacial score (nSPS) is 12.3. The molecule has 0 radical (unpaired) electrons. The number of para-hydroxylation sites is 1. The van der Waals surface area contributed by atoms with Gasteiger partial charge in [0.2, 0.25) is 0 Å². The van der Waals surface area contributed by atoms with E-state index >= 15 is 0 Å². The third kappa shape index (κ3) is 4.72. The topological polar surface area (TPSA) is 74.1 Å². The van der Waals surface area contributed by atoms with E-state index in [-0.39, 0.29) is 17.9 Å². The molecular formula is C23H18ClN3O3S2. The Balaban J connectivity index is 1.88. The van der Waals surface area contributed by atoms with E-state index in [1.807, 2.05) is 37.3 Å². The fourth-order valence-electron chi connectivity index (χ4n) is 3.18. The number of aryl methyl sites for hydroxylation is 1. The Kier molecular flexibility index (Phi) is 6.64. The molecule has 9 heteroatoms. The molecule has 6 nitrogen and oxygen atoms in total. The number of hydrogen-bond acceptors (Lipinski definition) is 7. The number of thiazole rings is 1. The summed E-state index contributed by atoms with van der Waals surface area (Å²) in [6.45, 7) is 2.11. The Hall–Kier alpha value is -3.07. The molecule has 2 aromatic heterocycles. The minimum atomic E-state index is -0.262. The molecule has 162 valence electrons. The third-order valence-corrected chi connectivity index (χ3v) is 6.76. The molecule has 2 aromatic carbocycles. The maximum Gasteiger partial charge on any atom is 0.269 e. The highest BCUT2D eigenvalue weighted by molar-refractivity contribution is 7.10. The molecule has 0 amide bonds. The molecule has 0 bridgehead atoms. The number of aromatic nitrogens is 3. The number of methoxy groups -OCH3 is 1. The summed E-state index contributed by atoms with van der Waals surface area (Å²) in [7, 11) is 1.51. The smallest absolute Gasteiger partial charge is 0.269 e. The summed E-state index contributed by atoms with van der Waals surface area (Å²) >= 11 is 8.46. The molecule has 0 unspecified atom stereocenters. The van der Waals surface area contributed by atoms with Crippen LogP contribution in [0.5, 0.6) is 5.75 Å². The number of halogens is 1. The van der Waals surface area contributed by atoms with Gasteiger partial charge in [-0.2, -0.15) is 0 Å². The molecule has 0 spiro atoms. The summed E-state index contributed by atoms with van der Waals surface area (Å²) in [5.74, 6) is 0.208. The molecule has 2 heterocycles. The number of ether oxygens (including phenoxy) is 1. The summed E-state index contributed by atoms with van der Waals surface area (Å²) < 4.78 is 12.1. The highest BCUT2D eigenvalue weighted by Gasteiger charge is 2.14. The van der Waals surface area contributed by atoms with E-state index in [9.17, 15) is 9.59 Å². The number of hydrogen-bond donors (Lipinski definition) is 0. The summed E-state index contributed by atoms with van der Waals surface area (Å²) in [5, 5.41) is 4.02. The fraction of sp³-hybridized carbons (Fsp3) is 0.130. The van der Waals surface area contributed by atoms with Gasteiger partial charge in [0.1, 0.15) is 20.4 Å². The first-order valence-corrected chi connectivity index (χ1v) is 11.6. The van der Waals surface area contributed by atoms with Crippen molar-refractivity contribution in [2.24, 2.45) is 0 Å². The van der Waals surface area contributed by atoms with Crippen LogP contribution in [0.1, 0.15) is 27.2 Å². The zero-order valence-corrected chi connectivity index (χ0v) is 19.6. The monoisotopic (exact) mass is 483 g/mol. The van der Waals surface area contributed by atoms with Crippen LogP contribution in [0.15, 0.2) is 53.3 Å². The van der Waals surface area contributed by atoms with E-state index in [4.69, 9.17) is 16.3 Å². The van der Waals surface area contributed by atoms with Crippen LogP contribution in [-0.4, -0.2) is 27.0 Å². The van der Waals surface area contributed by atoms with Crippen LogP contribution in [0.3, 0.4) is 0 Å². The predicted molar refractivity (Wildman–Crippen MR) is 128 cm³/mol. The number of carbonyl (C=O) groups excluding carboxylic acids is 1. The number of rotatable bonds is 6. The molecule has 0 atom stereocenters. The molecule has 32 heavy (non-hydrogen) atoms. The van der Waals surface area contributed by atoms with E-state index in [2.05, 4.69) is 9.59 Å². The zero-order valence-electron chi connectivity index (χ0n) is 17.2. The van der Waals surface area contributed by atoms with Crippen molar-refractivity contribution in [1.29, 1.82) is 0 Å². The van der Waals surface area contributed by atoms with E-state index in [0.717, 1.165) is 22.7 Å². The van der Waals surface area contributed by atoms with Crippen molar-refractivity contribution in [1.82, 2.24) is 14.2 Å². The molecule has 0 fully saturated rings. The first-order chi connectivity index (χ1) is 15.5. The Morgan fingerprint density at radius 3 is 2.75 bits per heavy atom. The van der Waals surface area contributed by atoms with E-state index in [1.54, 1.807) is 24.3 Å². The average Bonchev–Trinajstić information content (AvgIpc) is 3.32. The van der Waals surface area contributed by atoms with Crippen molar-refractivity contribution in [2.45, 2.75) is 13.5 Å². The van der Waals surface area contributed by atoms with Crippen LogP contribution in [0.2, 0.25) is 4.34 Å². The first kappa shape index (κ1) is 22.1. The molecule has 0 saturated heterocycles. The molecule has 0 aliphatic carbocycles. The molecule has 4 rings (SSSR count). The van der Waals surface area contributed by atoms with Crippen LogP contribution >= 0.6 is 34.5 Å². The lowest BCUT2D eigenvalue weighted by atomic mass is 10.1. The van der Waals surface area contributed by atoms with Crippen molar-refractivity contribution in [3.05, 3.63) is 94.8 Å². The van der Waals surface area contributed by atoms with E-state index in [1.165, 1.54) is 29.1 Å². The highest BCUT2D eigenvalue weighted by atomic mass is 35.5. The molecule has 0 saturated carbocycles. The van der Waals surface area contributed by atoms with Gasteiger partial charge in [0.25, 0.3) is 5.56 Å². The SMILES string of the molecule is COc1ccccc1C(=O)/C=c1\s/c(=C\c2cccc(C)c2)c(=O)n1Cc1nnsc1Cl. The van der Waals surface area contributed by atoms with Gasteiger partial charge in [-0.15, -0.1) is 16.4 Å². The van der Waals surface area contributed by atoms with E-state index in [0.29, 0.717) is 30.5 Å². The van der Waals surface area contributed by atoms with Gasteiger partial charge in [0.05, 0.1) is 23.8 Å². The number of carbonyl (C=O) groups is 1. The minimum absolute atomic E-state index is 0.122. The maximum atomic E-state index is 13.3. The van der Waals surface area contributed by atoms with Crippen molar-refractivity contribution < 1.29 is 9.53 Å². The fourth-order valence-corrected chi connectivity index (χ4v) is 4.84. The second-order valence-corrected chi connectivity index (χ2v) is 9.37. The molecule has 0 aliphatic rings. The number of ketones is 1. The van der Waals surface area contributed by atoms with Gasteiger partial charge in [-0.25, -0.2) is 0 Å². The second-order valence-electron chi connectivity index (χ2n) is 6.96. The number of Topliss-reactive ketones (excluding diaryl/α,β-unsaturated/α-hetero) is 1. The minimum Gasteiger partial charge on any atom is -0.496 e. The lowest BCUT2D eigenvalue weighted by Crippen LogP contribution is -2.32. The summed E-state index contributed by atoms with van der Waals surface area (Å²) in [6.07, 6.45) is 3.27. The van der Waals surface area contributed by atoms with E-state index < -0.39 is 0 Å². The number of nitrogens with zero attached hydrogens (tertiary/aromatic N) is 3.